The fourth-order valence-corrected chi connectivity index (χ4v) is 1.87. The summed E-state index contributed by atoms with van der Waals surface area (Å²) in [5.74, 6) is 0. The Hall–Kier alpha value is -1.20. The van der Waals surface area contributed by atoms with Crippen molar-refractivity contribution in [1.82, 2.24) is 15.5 Å². The van der Waals surface area contributed by atoms with Crippen LogP contribution in [0.1, 0.15) is 0 Å². The lowest BCUT2D eigenvalue weighted by Gasteiger charge is -2.27. The topological polar surface area (TPSA) is 62.5 Å². The summed E-state index contributed by atoms with van der Waals surface area (Å²) in [6.45, 7) is 6.60. The first-order valence-corrected chi connectivity index (χ1v) is 5.80. The maximum absolute atomic E-state index is 5.83. The molecule has 5 heteroatoms. The minimum atomic E-state index is 0.785. The number of morpholine rings is 1. The second-order valence-electron chi connectivity index (χ2n) is 4.01. The molecule has 0 bridgehead atoms. The molecule has 90 valence electrons. The van der Waals surface area contributed by atoms with Gasteiger partial charge in [0.1, 0.15) is 0 Å². The molecule has 0 amide bonds. The van der Waals surface area contributed by atoms with Crippen molar-refractivity contribution >= 4 is 0 Å². The van der Waals surface area contributed by atoms with Gasteiger partial charge in [-0.25, -0.2) is 0 Å². The van der Waals surface area contributed by atoms with E-state index in [2.05, 4.69) is 21.6 Å². The molecule has 4 N–H and O–H groups in total. The molecule has 1 fully saturated rings. The number of nitrogens with zero attached hydrogens (tertiary/aromatic N) is 1. The Morgan fingerprint density at radius 2 is 2.25 bits per heavy atom. The van der Waals surface area contributed by atoms with Crippen LogP contribution in [0.2, 0.25) is 0 Å². The summed E-state index contributed by atoms with van der Waals surface area (Å²) in [5.41, 5.74) is 7.67. The Bertz CT molecular complexity index is 282. The molecular weight excluding hydrogens is 204 g/mol. The van der Waals surface area contributed by atoms with E-state index in [0.29, 0.717) is 0 Å². The molecule has 0 saturated carbocycles. The van der Waals surface area contributed by atoms with E-state index in [1.54, 1.807) is 0 Å². The van der Waals surface area contributed by atoms with Crippen LogP contribution in [0.5, 0.6) is 0 Å². The molecule has 2 aliphatic heterocycles. The highest BCUT2D eigenvalue weighted by atomic mass is 16.5. The first-order chi connectivity index (χ1) is 7.86. The molecule has 0 aromatic carbocycles. The third-order valence-electron chi connectivity index (χ3n) is 2.84. The highest BCUT2D eigenvalue weighted by molar-refractivity contribution is 5.29. The van der Waals surface area contributed by atoms with Crippen LogP contribution < -0.4 is 16.4 Å². The Morgan fingerprint density at radius 3 is 3.00 bits per heavy atom. The molecular formula is C11H20N4O. The second-order valence-corrected chi connectivity index (χ2v) is 4.01. The van der Waals surface area contributed by atoms with E-state index in [4.69, 9.17) is 10.5 Å². The van der Waals surface area contributed by atoms with Crippen LogP contribution in [0.3, 0.4) is 0 Å². The van der Waals surface area contributed by atoms with Crippen LogP contribution in [0.25, 0.3) is 0 Å². The Balaban J connectivity index is 1.67. The maximum Gasteiger partial charge on any atom is 0.0706 e. The van der Waals surface area contributed by atoms with Crippen molar-refractivity contribution in [3.63, 3.8) is 0 Å². The number of nitrogens with one attached hydrogen (secondary N) is 2. The fourth-order valence-electron chi connectivity index (χ4n) is 1.87. The molecule has 0 aromatic rings. The number of hydrogen-bond acceptors (Lipinski definition) is 5. The van der Waals surface area contributed by atoms with Gasteiger partial charge in [-0.2, -0.15) is 0 Å². The van der Waals surface area contributed by atoms with Gasteiger partial charge in [0.25, 0.3) is 0 Å². The molecule has 0 atom stereocenters. The van der Waals surface area contributed by atoms with Crippen LogP contribution in [-0.2, 0) is 4.74 Å². The van der Waals surface area contributed by atoms with Gasteiger partial charge in [0, 0.05) is 38.9 Å². The summed E-state index contributed by atoms with van der Waals surface area (Å²) >= 11 is 0. The molecule has 0 radical (unpaired) electrons. The number of dihydropyridines is 1. The smallest absolute Gasteiger partial charge is 0.0706 e. The zero-order valence-corrected chi connectivity index (χ0v) is 9.54. The van der Waals surface area contributed by atoms with Gasteiger partial charge in [-0.1, -0.05) is 0 Å². The monoisotopic (exact) mass is 224 g/mol. The molecule has 1 saturated heterocycles. The second kappa shape index (κ2) is 5.77. The van der Waals surface area contributed by atoms with Crippen molar-refractivity contribution < 1.29 is 4.74 Å². The van der Waals surface area contributed by atoms with Gasteiger partial charge in [0.2, 0.25) is 0 Å². The zero-order valence-electron chi connectivity index (χ0n) is 9.54. The van der Waals surface area contributed by atoms with Crippen LogP contribution in [0.4, 0.5) is 0 Å². The zero-order chi connectivity index (χ0) is 11.2. The summed E-state index contributed by atoms with van der Waals surface area (Å²) in [5, 5.41) is 6.44. The molecule has 0 aromatic heterocycles. The summed E-state index contributed by atoms with van der Waals surface area (Å²) in [6.07, 6.45) is 3.92. The molecule has 0 aliphatic carbocycles. The van der Waals surface area contributed by atoms with Crippen LogP contribution in [0, 0.1) is 0 Å². The van der Waals surface area contributed by atoms with Gasteiger partial charge < -0.3 is 21.1 Å². The van der Waals surface area contributed by atoms with Gasteiger partial charge >= 0.3 is 0 Å². The van der Waals surface area contributed by atoms with Gasteiger partial charge in [-0.05, 0) is 6.08 Å². The van der Waals surface area contributed by atoms with E-state index < -0.39 is 0 Å². The van der Waals surface area contributed by atoms with E-state index >= 15 is 0 Å². The van der Waals surface area contributed by atoms with E-state index in [1.807, 2.05) is 6.20 Å². The van der Waals surface area contributed by atoms with Crippen molar-refractivity contribution in [2.45, 2.75) is 0 Å². The Labute approximate surface area is 96.3 Å². The lowest BCUT2D eigenvalue weighted by Crippen LogP contribution is -2.40. The standard InChI is InChI=1S/C11H20N4O/c12-10-9-13-2-1-11(10)14-3-4-15-5-7-16-8-6-15/h1,9,13-14H,2-8,12H2. The number of ether oxygens (including phenoxy) is 1. The molecule has 0 unspecified atom stereocenters. The molecule has 2 aliphatic rings. The van der Waals surface area contributed by atoms with Crippen LogP contribution >= 0.6 is 0 Å². The number of hydrogen-bond donors (Lipinski definition) is 3. The van der Waals surface area contributed by atoms with E-state index in [9.17, 15) is 0 Å². The predicted molar refractivity (Wildman–Crippen MR) is 63.6 cm³/mol. The van der Waals surface area contributed by atoms with Crippen molar-refractivity contribution in [3.8, 4) is 0 Å². The molecule has 0 spiro atoms. The molecule has 2 rings (SSSR count). The summed E-state index contributed by atoms with van der Waals surface area (Å²) in [4.78, 5) is 2.40. The van der Waals surface area contributed by atoms with Crippen molar-refractivity contribution in [1.29, 1.82) is 0 Å². The number of nitrogens with two attached hydrogens (primary N) is 1. The minimum absolute atomic E-state index is 0.785. The van der Waals surface area contributed by atoms with Crippen molar-refractivity contribution in [3.05, 3.63) is 23.7 Å². The average molecular weight is 224 g/mol. The predicted octanol–water partition coefficient (Wildman–Crippen LogP) is -0.805. The van der Waals surface area contributed by atoms with Crippen LogP contribution in [-0.4, -0.2) is 50.8 Å². The molecule has 16 heavy (non-hydrogen) atoms. The largest absolute Gasteiger partial charge is 0.396 e. The van der Waals surface area contributed by atoms with E-state index in [-0.39, 0.29) is 0 Å². The first-order valence-electron chi connectivity index (χ1n) is 5.80. The minimum Gasteiger partial charge on any atom is -0.396 e. The average Bonchev–Trinajstić information content (AvgIpc) is 2.33. The van der Waals surface area contributed by atoms with Crippen molar-refractivity contribution in [2.24, 2.45) is 5.73 Å². The Kier molecular flexibility index (Phi) is 4.07. The van der Waals surface area contributed by atoms with Crippen molar-refractivity contribution in [2.75, 3.05) is 45.9 Å². The quantitative estimate of drug-likeness (QED) is 0.583. The first kappa shape index (κ1) is 11.3. The lowest BCUT2D eigenvalue weighted by atomic mass is 10.2. The maximum atomic E-state index is 5.83. The fraction of sp³-hybridized carbons (Fsp3) is 0.636. The number of rotatable bonds is 4. The van der Waals surface area contributed by atoms with Gasteiger partial charge in [0.05, 0.1) is 24.6 Å². The van der Waals surface area contributed by atoms with Gasteiger partial charge in [0.15, 0.2) is 0 Å². The van der Waals surface area contributed by atoms with Crippen LogP contribution in [0.15, 0.2) is 23.7 Å². The van der Waals surface area contributed by atoms with E-state index in [0.717, 1.165) is 57.3 Å². The normalized spacial score (nSPS) is 22.0. The van der Waals surface area contributed by atoms with Gasteiger partial charge in [-0.15, -0.1) is 0 Å². The van der Waals surface area contributed by atoms with E-state index in [1.165, 1.54) is 0 Å². The summed E-state index contributed by atoms with van der Waals surface area (Å²) in [7, 11) is 0. The summed E-state index contributed by atoms with van der Waals surface area (Å²) < 4.78 is 5.30. The lowest BCUT2D eigenvalue weighted by molar-refractivity contribution is 0.0387. The van der Waals surface area contributed by atoms with Gasteiger partial charge in [-0.3, -0.25) is 4.90 Å². The highest BCUT2D eigenvalue weighted by Gasteiger charge is 2.10. The Morgan fingerprint density at radius 1 is 1.44 bits per heavy atom. The molecule has 5 nitrogen and oxygen atoms in total. The summed E-state index contributed by atoms with van der Waals surface area (Å²) in [6, 6.07) is 0. The third-order valence-corrected chi connectivity index (χ3v) is 2.84. The SMILES string of the molecule is NC1=CNCC=C1NCCN1CCOCC1. The highest BCUT2D eigenvalue weighted by Crippen LogP contribution is 2.02. The molecule has 2 heterocycles. The third kappa shape index (κ3) is 3.15.